The third kappa shape index (κ3) is 6.87. The second-order valence-electron chi connectivity index (χ2n) is 7.47. The monoisotopic (exact) mass is 507 g/mol. The molecule has 2 N–H and O–H groups in total. The molecular weight excluding hydrogens is 473 g/mol. The van der Waals surface area contributed by atoms with Gasteiger partial charge in [0, 0.05) is 44.3 Å². The van der Waals surface area contributed by atoms with Gasteiger partial charge in [-0.25, -0.2) is 0 Å². The Bertz CT molecular complexity index is 786. The second-order valence-corrected chi connectivity index (χ2v) is 7.47. The Morgan fingerprint density at radius 3 is 2.76 bits per heavy atom. The molecule has 6 heteroatoms. The van der Waals surface area contributed by atoms with E-state index in [1.165, 1.54) is 48.3 Å². The number of guanidine groups is 1. The SMILES string of the molecule is CCNC(=NCCc1ccncc1C)NC(C)c1cccc(N2CCCC2)c1.I. The summed E-state index contributed by atoms with van der Waals surface area (Å²) in [5.41, 5.74) is 5.16. The van der Waals surface area contributed by atoms with Crippen molar-refractivity contribution in [3.63, 3.8) is 0 Å². The van der Waals surface area contributed by atoms with Crippen molar-refractivity contribution < 1.29 is 0 Å². The highest BCUT2D eigenvalue weighted by molar-refractivity contribution is 14.0. The molecule has 0 radical (unpaired) electrons. The van der Waals surface area contributed by atoms with Gasteiger partial charge in [0.05, 0.1) is 6.04 Å². The van der Waals surface area contributed by atoms with Gasteiger partial charge >= 0.3 is 0 Å². The molecule has 0 bridgehead atoms. The van der Waals surface area contributed by atoms with E-state index in [0.717, 1.165) is 25.5 Å². The molecule has 158 valence electrons. The minimum Gasteiger partial charge on any atom is -0.372 e. The Labute approximate surface area is 192 Å². The fourth-order valence-corrected chi connectivity index (χ4v) is 3.65. The van der Waals surface area contributed by atoms with Crippen LogP contribution in [0.3, 0.4) is 0 Å². The lowest BCUT2D eigenvalue weighted by Crippen LogP contribution is -2.39. The van der Waals surface area contributed by atoms with E-state index < -0.39 is 0 Å². The number of nitrogens with zero attached hydrogens (tertiary/aromatic N) is 3. The first-order chi connectivity index (χ1) is 13.7. The van der Waals surface area contributed by atoms with E-state index in [1.54, 1.807) is 0 Å². The van der Waals surface area contributed by atoms with Crippen molar-refractivity contribution in [2.45, 2.75) is 46.1 Å². The molecule has 3 rings (SSSR count). The van der Waals surface area contributed by atoms with Crippen LogP contribution < -0.4 is 15.5 Å². The van der Waals surface area contributed by atoms with Crippen LogP contribution >= 0.6 is 24.0 Å². The maximum absolute atomic E-state index is 4.78. The van der Waals surface area contributed by atoms with E-state index in [0.29, 0.717) is 0 Å². The molecule has 2 aromatic rings. The van der Waals surface area contributed by atoms with Crippen LogP contribution in [0.1, 0.15) is 49.4 Å². The topological polar surface area (TPSA) is 52.6 Å². The molecule has 1 aliphatic heterocycles. The van der Waals surface area contributed by atoms with Crippen LogP contribution in [-0.2, 0) is 6.42 Å². The van der Waals surface area contributed by atoms with Gasteiger partial charge < -0.3 is 15.5 Å². The molecule has 1 fully saturated rings. The predicted molar refractivity (Wildman–Crippen MR) is 134 cm³/mol. The van der Waals surface area contributed by atoms with E-state index in [4.69, 9.17) is 4.99 Å². The summed E-state index contributed by atoms with van der Waals surface area (Å²) in [6.07, 6.45) is 7.28. The lowest BCUT2D eigenvalue weighted by molar-refractivity contribution is 0.685. The molecule has 0 spiro atoms. The molecule has 5 nitrogen and oxygen atoms in total. The Morgan fingerprint density at radius 2 is 2.03 bits per heavy atom. The highest BCUT2D eigenvalue weighted by Crippen LogP contribution is 2.23. The quantitative estimate of drug-likeness (QED) is 0.330. The van der Waals surface area contributed by atoms with Crippen LogP contribution in [0.2, 0.25) is 0 Å². The van der Waals surface area contributed by atoms with E-state index in [2.05, 4.69) is 71.6 Å². The van der Waals surface area contributed by atoms with Crippen molar-refractivity contribution in [2.24, 2.45) is 4.99 Å². The number of aromatic nitrogens is 1. The zero-order valence-electron chi connectivity index (χ0n) is 17.8. The normalized spacial score (nSPS) is 15.0. The molecule has 1 unspecified atom stereocenters. The summed E-state index contributed by atoms with van der Waals surface area (Å²) < 4.78 is 0. The Morgan fingerprint density at radius 1 is 1.24 bits per heavy atom. The number of benzene rings is 1. The van der Waals surface area contributed by atoms with Gasteiger partial charge in [-0.05, 0) is 74.9 Å². The van der Waals surface area contributed by atoms with Crippen molar-refractivity contribution in [3.8, 4) is 0 Å². The van der Waals surface area contributed by atoms with Crippen molar-refractivity contribution in [1.82, 2.24) is 15.6 Å². The molecule has 1 atom stereocenters. The Balaban J connectivity index is 0.00000300. The van der Waals surface area contributed by atoms with E-state index in [1.807, 2.05) is 12.4 Å². The largest absolute Gasteiger partial charge is 0.372 e. The number of halogens is 1. The highest BCUT2D eigenvalue weighted by Gasteiger charge is 2.14. The van der Waals surface area contributed by atoms with Gasteiger partial charge in [-0.2, -0.15) is 0 Å². The molecular formula is C23H34IN5. The van der Waals surface area contributed by atoms with Gasteiger partial charge in [-0.15, -0.1) is 24.0 Å². The van der Waals surface area contributed by atoms with Crippen molar-refractivity contribution in [3.05, 3.63) is 59.4 Å². The molecule has 0 saturated carbocycles. The summed E-state index contributed by atoms with van der Waals surface area (Å²) in [6.45, 7) is 10.3. The number of anilines is 1. The smallest absolute Gasteiger partial charge is 0.191 e. The summed E-state index contributed by atoms with van der Waals surface area (Å²) in [5.74, 6) is 0.869. The fourth-order valence-electron chi connectivity index (χ4n) is 3.65. The van der Waals surface area contributed by atoms with Crippen LogP contribution in [0, 0.1) is 6.92 Å². The van der Waals surface area contributed by atoms with Crippen LogP contribution in [0.15, 0.2) is 47.7 Å². The molecule has 1 aliphatic rings. The first-order valence-corrected chi connectivity index (χ1v) is 10.5. The first kappa shape index (κ1) is 23.4. The van der Waals surface area contributed by atoms with E-state index in [9.17, 15) is 0 Å². The molecule has 1 saturated heterocycles. The predicted octanol–water partition coefficient (Wildman–Crippen LogP) is 4.47. The molecule has 1 aromatic carbocycles. The first-order valence-electron chi connectivity index (χ1n) is 10.5. The summed E-state index contributed by atoms with van der Waals surface area (Å²) in [5, 5.41) is 6.93. The average Bonchev–Trinajstić information content (AvgIpc) is 3.24. The van der Waals surface area contributed by atoms with E-state index >= 15 is 0 Å². The molecule has 1 aromatic heterocycles. The number of hydrogen-bond donors (Lipinski definition) is 2. The van der Waals surface area contributed by atoms with Crippen LogP contribution in [0.5, 0.6) is 0 Å². The number of aliphatic imine (C=N–C) groups is 1. The zero-order chi connectivity index (χ0) is 19.8. The van der Waals surface area contributed by atoms with Crippen molar-refractivity contribution in [2.75, 3.05) is 31.1 Å². The third-order valence-electron chi connectivity index (χ3n) is 5.33. The minimum absolute atomic E-state index is 0. The summed E-state index contributed by atoms with van der Waals surface area (Å²) in [7, 11) is 0. The van der Waals surface area contributed by atoms with Crippen molar-refractivity contribution in [1.29, 1.82) is 0 Å². The lowest BCUT2D eigenvalue weighted by Gasteiger charge is -2.22. The second kappa shape index (κ2) is 12.0. The Kier molecular flexibility index (Phi) is 9.70. The van der Waals surface area contributed by atoms with Crippen LogP contribution in [0.4, 0.5) is 5.69 Å². The number of nitrogens with one attached hydrogen (secondary N) is 2. The number of hydrogen-bond acceptors (Lipinski definition) is 3. The zero-order valence-corrected chi connectivity index (χ0v) is 20.1. The Hall–Kier alpha value is -1.83. The number of pyridine rings is 1. The van der Waals surface area contributed by atoms with Crippen LogP contribution in [-0.4, -0.2) is 37.1 Å². The van der Waals surface area contributed by atoms with Gasteiger partial charge in [0.25, 0.3) is 0 Å². The summed E-state index contributed by atoms with van der Waals surface area (Å²) >= 11 is 0. The maximum atomic E-state index is 4.78. The maximum Gasteiger partial charge on any atom is 0.191 e. The highest BCUT2D eigenvalue weighted by atomic mass is 127. The van der Waals surface area contributed by atoms with Gasteiger partial charge in [0.15, 0.2) is 5.96 Å². The molecule has 0 amide bonds. The number of aryl methyl sites for hydroxylation is 1. The van der Waals surface area contributed by atoms with Crippen molar-refractivity contribution >= 4 is 35.6 Å². The third-order valence-corrected chi connectivity index (χ3v) is 5.33. The van der Waals surface area contributed by atoms with E-state index in [-0.39, 0.29) is 30.0 Å². The van der Waals surface area contributed by atoms with Gasteiger partial charge in [0.1, 0.15) is 0 Å². The fraction of sp³-hybridized carbons (Fsp3) is 0.478. The lowest BCUT2D eigenvalue weighted by atomic mass is 10.1. The molecule has 29 heavy (non-hydrogen) atoms. The molecule has 0 aliphatic carbocycles. The minimum atomic E-state index is 0. The number of rotatable bonds is 7. The molecule has 2 heterocycles. The van der Waals surface area contributed by atoms with Gasteiger partial charge in [0.2, 0.25) is 0 Å². The summed E-state index contributed by atoms with van der Waals surface area (Å²) in [6, 6.07) is 11.2. The van der Waals surface area contributed by atoms with Gasteiger partial charge in [-0.1, -0.05) is 12.1 Å². The average molecular weight is 507 g/mol. The van der Waals surface area contributed by atoms with Crippen LogP contribution in [0.25, 0.3) is 0 Å². The van der Waals surface area contributed by atoms with Gasteiger partial charge in [-0.3, -0.25) is 9.98 Å². The standard InChI is InChI=1S/C23H33N5.HI/c1-4-25-23(26-13-11-20-10-12-24-17-18(20)2)27-19(3)21-8-7-9-22(16-21)28-14-5-6-15-28;/h7-10,12,16-17,19H,4-6,11,13-15H2,1-3H3,(H2,25,26,27);1H. The summed E-state index contributed by atoms with van der Waals surface area (Å²) in [4.78, 5) is 11.4.